The van der Waals surface area contributed by atoms with E-state index in [1.807, 2.05) is 42.5 Å². The molecule has 2 unspecified atom stereocenters. The first-order chi connectivity index (χ1) is 13.2. The van der Waals surface area contributed by atoms with Crippen molar-refractivity contribution in [3.05, 3.63) is 54.2 Å². The average Bonchev–Trinajstić information content (AvgIpc) is 3.40. The largest absolute Gasteiger partial charge is 0.490 e. The van der Waals surface area contributed by atoms with E-state index in [-0.39, 0.29) is 24.0 Å². The fourth-order valence-corrected chi connectivity index (χ4v) is 2.60. The Morgan fingerprint density at radius 1 is 1.14 bits per heavy atom. The molecule has 0 amide bonds. The van der Waals surface area contributed by atoms with E-state index in [4.69, 9.17) is 9.47 Å². The maximum atomic E-state index is 5.62. The number of nitrogens with zero attached hydrogens (tertiary/aromatic N) is 2. The van der Waals surface area contributed by atoms with Crippen LogP contribution in [0.3, 0.4) is 0 Å². The molecule has 1 fully saturated rings. The Kier molecular flexibility index (Phi) is 9.33. The van der Waals surface area contributed by atoms with Crippen LogP contribution >= 0.6 is 24.0 Å². The smallest absolute Gasteiger partial charge is 0.213 e. The van der Waals surface area contributed by atoms with E-state index >= 15 is 0 Å². The van der Waals surface area contributed by atoms with E-state index in [1.165, 1.54) is 6.42 Å². The highest BCUT2D eigenvalue weighted by Crippen LogP contribution is 2.28. The Bertz CT molecular complexity index is 725. The number of guanidine groups is 1. The molecule has 28 heavy (non-hydrogen) atoms. The van der Waals surface area contributed by atoms with Gasteiger partial charge in [0.05, 0.1) is 6.54 Å². The lowest BCUT2D eigenvalue weighted by molar-refractivity contribution is 0.212. The normalized spacial score (nSPS) is 18.0. The molecule has 0 radical (unpaired) electrons. The summed E-state index contributed by atoms with van der Waals surface area (Å²) in [5.41, 5.74) is 1.05. The number of aliphatic imine (C=N–C) groups is 1. The van der Waals surface area contributed by atoms with Crippen molar-refractivity contribution >= 4 is 29.9 Å². The van der Waals surface area contributed by atoms with Gasteiger partial charge in [0.25, 0.3) is 0 Å². The summed E-state index contributed by atoms with van der Waals surface area (Å²) in [6, 6.07) is 14.1. The summed E-state index contributed by atoms with van der Waals surface area (Å²) in [5.74, 6) is 3.03. The third-order valence-corrected chi connectivity index (χ3v) is 4.34. The minimum atomic E-state index is 0. The van der Waals surface area contributed by atoms with Gasteiger partial charge in [-0.05, 0) is 37.0 Å². The second-order valence-electron chi connectivity index (χ2n) is 6.67. The molecule has 3 rings (SSSR count). The molecule has 1 aliphatic rings. The number of ether oxygens (including phenoxy) is 2. The highest BCUT2D eigenvalue weighted by Gasteiger charge is 2.33. The van der Waals surface area contributed by atoms with E-state index in [9.17, 15) is 0 Å². The topological polar surface area (TPSA) is 67.8 Å². The molecule has 1 saturated carbocycles. The maximum Gasteiger partial charge on any atom is 0.213 e. The summed E-state index contributed by atoms with van der Waals surface area (Å²) in [4.78, 5) is 8.98. The van der Waals surface area contributed by atoms with Crippen LogP contribution in [0.1, 0.15) is 25.8 Å². The summed E-state index contributed by atoms with van der Waals surface area (Å²) < 4.78 is 11.2. The summed E-state index contributed by atoms with van der Waals surface area (Å²) >= 11 is 0. The third kappa shape index (κ3) is 7.53. The number of hydrogen-bond acceptors (Lipinski definition) is 4. The lowest BCUT2D eigenvalue weighted by Gasteiger charge is -2.11. The second kappa shape index (κ2) is 11.7. The Morgan fingerprint density at radius 3 is 2.54 bits per heavy atom. The van der Waals surface area contributed by atoms with E-state index in [2.05, 4.69) is 34.5 Å². The molecule has 2 atom stereocenters. The Balaban J connectivity index is 0.00000280. The standard InChI is InChI=1S/C21H28N4O2.HI/c1-3-22-21(25-19-13-16(19)2)24-15-17-9-10-20(23-14-17)27-12-11-26-18-7-5-4-6-8-18;/h4-10,14,16,19H,3,11-13,15H2,1-2H3,(H2,22,24,25);1H. The van der Waals surface area contributed by atoms with Crippen molar-refractivity contribution < 1.29 is 9.47 Å². The zero-order chi connectivity index (χ0) is 18.9. The molecule has 0 bridgehead atoms. The van der Waals surface area contributed by atoms with Crippen molar-refractivity contribution in [2.75, 3.05) is 19.8 Å². The van der Waals surface area contributed by atoms with Crippen molar-refractivity contribution in [1.29, 1.82) is 0 Å². The minimum absolute atomic E-state index is 0. The van der Waals surface area contributed by atoms with Gasteiger partial charge in [0.2, 0.25) is 5.88 Å². The molecule has 1 heterocycles. The molecule has 0 aliphatic heterocycles. The van der Waals surface area contributed by atoms with Gasteiger partial charge in [-0.25, -0.2) is 9.98 Å². The first kappa shape index (κ1) is 22.3. The molecular formula is C21H29IN4O2. The number of halogens is 1. The van der Waals surface area contributed by atoms with E-state index < -0.39 is 0 Å². The van der Waals surface area contributed by atoms with Crippen molar-refractivity contribution in [3.63, 3.8) is 0 Å². The van der Waals surface area contributed by atoms with Crippen molar-refractivity contribution in [2.45, 2.75) is 32.9 Å². The van der Waals surface area contributed by atoms with Crippen LogP contribution < -0.4 is 20.1 Å². The molecule has 6 nitrogen and oxygen atoms in total. The van der Waals surface area contributed by atoms with Crippen LogP contribution in [0.15, 0.2) is 53.7 Å². The van der Waals surface area contributed by atoms with Crippen molar-refractivity contribution in [3.8, 4) is 11.6 Å². The van der Waals surface area contributed by atoms with Gasteiger partial charge in [0.15, 0.2) is 5.96 Å². The molecule has 1 aliphatic carbocycles. The molecule has 1 aromatic heterocycles. The average molecular weight is 496 g/mol. The zero-order valence-electron chi connectivity index (χ0n) is 16.4. The third-order valence-electron chi connectivity index (χ3n) is 4.34. The van der Waals surface area contributed by atoms with Crippen LogP contribution in [-0.2, 0) is 6.54 Å². The van der Waals surface area contributed by atoms with Gasteiger partial charge in [-0.2, -0.15) is 0 Å². The van der Waals surface area contributed by atoms with E-state index in [0.717, 1.165) is 29.7 Å². The van der Waals surface area contributed by atoms with Crippen molar-refractivity contribution in [1.82, 2.24) is 15.6 Å². The molecule has 0 saturated heterocycles. The summed E-state index contributed by atoms with van der Waals surface area (Å²) in [6.45, 7) is 6.68. The molecule has 152 valence electrons. The molecule has 0 spiro atoms. The monoisotopic (exact) mass is 496 g/mol. The summed E-state index contributed by atoms with van der Waals surface area (Å²) in [6.07, 6.45) is 3.02. The van der Waals surface area contributed by atoms with Crippen molar-refractivity contribution in [2.24, 2.45) is 10.9 Å². The molecule has 2 aromatic rings. The Hall–Kier alpha value is -2.03. The van der Waals surface area contributed by atoms with Gasteiger partial charge < -0.3 is 20.1 Å². The highest BCUT2D eigenvalue weighted by atomic mass is 127. The first-order valence-electron chi connectivity index (χ1n) is 9.55. The predicted octanol–water partition coefficient (Wildman–Crippen LogP) is 3.62. The lowest BCUT2D eigenvalue weighted by atomic mass is 10.3. The quantitative estimate of drug-likeness (QED) is 0.240. The van der Waals surface area contributed by atoms with Gasteiger partial charge in [0, 0.05) is 24.8 Å². The number of benzene rings is 1. The number of nitrogens with one attached hydrogen (secondary N) is 2. The summed E-state index contributed by atoms with van der Waals surface area (Å²) in [7, 11) is 0. The number of hydrogen-bond donors (Lipinski definition) is 2. The zero-order valence-corrected chi connectivity index (χ0v) is 18.8. The minimum Gasteiger partial charge on any atom is -0.490 e. The van der Waals surface area contributed by atoms with Gasteiger partial charge in [-0.3, -0.25) is 0 Å². The first-order valence-corrected chi connectivity index (χ1v) is 9.55. The van der Waals surface area contributed by atoms with Gasteiger partial charge >= 0.3 is 0 Å². The Labute approximate surface area is 184 Å². The van der Waals surface area contributed by atoms with E-state index in [0.29, 0.717) is 31.7 Å². The highest BCUT2D eigenvalue weighted by molar-refractivity contribution is 14.0. The van der Waals surface area contributed by atoms with Gasteiger partial charge in [-0.15, -0.1) is 24.0 Å². The Morgan fingerprint density at radius 2 is 1.89 bits per heavy atom. The number of pyridine rings is 1. The molecule has 2 N–H and O–H groups in total. The SMILES string of the molecule is CCNC(=NCc1ccc(OCCOc2ccccc2)nc1)NC1CC1C.I. The lowest BCUT2D eigenvalue weighted by Crippen LogP contribution is -2.39. The van der Waals surface area contributed by atoms with Crippen LogP contribution in [-0.4, -0.2) is 36.7 Å². The number of para-hydroxylation sites is 1. The van der Waals surface area contributed by atoms with Gasteiger partial charge in [0.1, 0.15) is 19.0 Å². The fourth-order valence-electron chi connectivity index (χ4n) is 2.60. The van der Waals surface area contributed by atoms with Crippen LogP contribution in [0.2, 0.25) is 0 Å². The maximum absolute atomic E-state index is 5.62. The number of rotatable bonds is 9. The fraction of sp³-hybridized carbons (Fsp3) is 0.429. The second-order valence-corrected chi connectivity index (χ2v) is 6.67. The predicted molar refractivity (Wildman–Crippen MR) is 123 cm³/mol. The molecular weight excluding hydrogens is 467 g/mol. The van der Waals surface area contributed by atoms with Crippen LogP contribution in [0, 0.1) is 5.92 Å². The molecule has 7 heteroatoms. The van der Waals surface area contributed by atoms with Crippen LogP contribution in [0.4, 0.5) is 0 Å². The van der Waals surface area contributed by atoms with Gasteiger partial charge in [-0.1, -0.05) is 31.2 Å². The molecule has 1 aromatic carbocycles. The van der Waals surface area contributed by atoms with Crippen LogP contribution in [0.25, 0.3) is 0 Å². The van der Waals surface area contributed by atoms with Crippen LogP contribution in [0.5, 0.6) is 11.6 Å². The summed E-state index contributed by atoms with van der Waals surface area (Å²) in [5, 5.41) is 6.73. The number of aromatic nitrogens is 1. The van der Waals surface area contributed by atoms with E-state index in [1.54, 1.807) is 6.20 Å².